The van der Waals surface area contributed by atoms with Gasteiger partial charge in [0.15, 0.2) is 0 Å². The summed E-state index contributed by atoms with van der Waals surface area (Å²) in [4.78, 5) is 16.2. The molecule has 2 fully saturated rings. The lowest BCUT2D eigenvalue weighted by Crippen LogP contribution is -2.55. The fraction of sp³-hybridized carbons (Fsp3) is 0.929. The number of hydrogen-bond donors (Lipinski definition) is 1. The van der Waals surface area contributed by atoms with Crippen molar-refractivity contribution in [1.29, 1.82) is 0 Å². The van der Waals surface area contributed by atoms with E-state index in [1.807, 2.05) is 14.1 Å². The van der Waals surface area contributed by atoms with E-state index in [-0.39, 0.29) is 11.9 Å². The summed E-state index contributed by atoms with van der Waals surface area (Å²) in [6.07, 6.45) is 5.15. The Balaban J connectivity index is 1.99. The minimum Gasteiger partial charge on any atom is -0.347 e. The quantitative estimate of drug-likeness (QED) is 0.795. The van der Waals surface area contributed by atoms with Crippen LogP contribution in [0.2, 0.25) is 0 Å². The van der Waals surface area contributed by atoms with Crippen LogP contribution in [0.25, 0.3) is 0 Å². The molecule has 104 valence electrons. The number of rotatable bonds is 2. The number of likely N-dealkylation sites (N-methyl/N-ethyl adjacent to an activating group) is 1. The molecule has 2 atom stereocenters. The first kappa shape index (κ1) is 13.8. The Morgan fingerprint density at radius 1 is 1.33 bits per heavy atom. The molecular formula is C14H27N3O. The van der Waals surface area contributed by atoms with Crippen LogP contribution in [0, 0.1) is 5.41 Å². The SMILES string of the molecule is CC(C(=O)N(C)C)N1CCCC2(CCCNC2)C1. The van der Waals surface area contributed by atoms with E-state index in [4.69, 9.17) is 0 Å². The van der Waals surface area contributed by atoms with Gasteiger partial charge in [-0.15, -0.1) is 0 Å². The monoisotopic (exact) mass is 253 g/mol. The second kappa shape index (κ2) is 5.57. The van der Waals surface area contributed by atoms with Gasteiger partial charge in [-0.1, -0.05) is 0 Å². The Bertz CT molecular complexity index is 292. The molecule has 4 heteroatoms. The van der Waals surface area contributed by atoms with Gasteiger partial charge in [0.05, 0.1) is 6.04 Å². The maximum Gasteiger partial charge on any atom is 0.239 e. The van der Waals surface area contributed by atoms with Gasteiger partial charge in [-0.2, -0.15) is 0 Å². The summed E-state index contributed by atoms with van der Waals surface area (Å²) in [7, 11) is 3.70. The summed E-state index contributed by atoms with van der Waals surface area (Å²) in [6, 6.07) is 0.0269. The van der Waals surface area contributed by atoms with E-state index in [2.05, 4.69) is 17.1 Å². The lowest BCUT2D eigenvalue weighted by Gasteiger charge is -2.47. The average Bonchev–Trinajstić information content (AvgIpc) is 2.38. The lowest BCUT2D eigenvalue weighted by atomic mass is 9.74. The first-order chi connectivity index (χ1) is 8.54. The second-order valence-electron chi connectivity index (χ2n) is 6.26. The maximum atomic E-state index is 12.1. The smallest absolute Gasteiger partial charge is 0.239 e. The highest BCUT2D eigenvalue weighted by Crippen LogP contribution is 2.36. The minimum atomic E-state index is 0.0269. The molecule has 1 spiro atoms. The zero-order valence-corrected chi connectivity index (χ0v) is 12.0. The molecule has 0 aromatic carbocycles. The van der Waals surface area contributed by atoms with Crippen molar-refractivity contribution in [2.24, 2.45) is 5.41 Å². The first-order valence-electron chi connectivity index (χ1n) is 7.20. The Labute approximate surface area is 111 Å². The lowest BCUT2D eigenvalue weighted by molar-refractivity contribution is -0.135. The van der Waals surface area contributed by atoms with Crippen molar-refractivity contribution in [3.8, 4) is 0 Å². The summed E-state index contributed by atoms with van der Waals surface area (Å²) >= 11 is 0. The minimum absolute atomic E-state index is 0.0269. The van der Waals surface area contributed by atoms with Crippen LogP contribution in [0.15, 0.2) is 0 Å². The summed E-state index contributed by atoms with van der Waals surface area (Å²) in [5.74, 6) is 0.232. The number of carbonyl (C=O) groups excluding carboxylic acids is 1. The van der Waals surface area contributed by atoms with Crippen LogP contribution in [0.1, 0.15) is 32.6 Å². The summed E-state index contributed by atoms with van der Waals surface area (Å²) < 4.78 is 0. The fourth-order valence-electron chi connectivity index (χ4n) is 3.49. The van der Waals surface area contributed by atoms with Crippen LogP contribution in [-0.2, 0) is 4.79 Å². The van der Waals surface area contributed by atoms with Crippen molar-refractivity contribution in [1.82, 2.24) is 15.1 Å². The molecule has 0 bridgehead atoms. The zero-order chi connectivity index (χ0) is 13.2. The highest BCUT2D eigenvalue weighted by atomic mass is 16.2. The Hall–Kier alpha value is -0.610. The number of likely N-dealkylation sites (tertiary alicyclic amines) is 1. The highest BCUT2D eigenvalue weighted by molar-refractivity contribution is 5.80. The van der Waals surface area contributed by atoms with Gasteiger partial charge in [-0.3, -0.25) is 9.69 Å². The van der Waals surface area contributed by atoms with Gasteiger partial charge < -0.3 is 10.2 Å². The largest absolute Gasteiger partial charge is 0.347 e. The second-order valence-corrected chi connectivity index (χ2v) is 6.26. The number of carbonyl (C=O) groups is 1. The molecule has 18 heavy (non-hydrogen) atoms. The molecule has 2 aliphatic rings. The van der Waals surface area contributed by atoms with Crippen molar-refractivity contribution < 1.29 is 4.79 Å². The zero-order valence-electron chi connectivity index (χ0n) is 12.0. The van der Waals surface area contributed by atoms with Gasteiger partial charge in [0, 0.05) is 27.2 Å². The molecule has 0 saturated carbocycles. The van der Waals surface area contributed by atoms with Crippen LogP contribution in [0.4, 0.5) is 0 Å². The van der Waals surface area contributed by atoms with Gasteiger partial charge in [0.1, 0.15) is 0 Å². The van der Waals surface area contributed by atoms with Crippen LogP contribution >= 0.6 is 0 Å². The number of piperidine rings is 2. The summed E-state index contributed by atoms with van der Waals surface area (Å²) in [5.41, 5.74) is 0.428. The molecule has 2 heterocycles. The van der Waals surface area contributed by atoms with Crippen molar-refractivity contribution >= 4 is 5.91 Å². The molecule has 0 radical (unpaired) electrons. The number of nitrogens with one attached hydrogen (secondary N) is 1. The molecule has 0 aliphatic carbocycles. The number of amides is 1. The average molecular weight is 253 g/mol. The maximum absolute atomic E-state index is 12.1. The van der Waals surface area contributed by atoms with E-state index in [9.17, 15) is 4.79 Å². The third-order valence-electron chi connectivity index (χ3n) is 4.60. The van der Waals surface area contributed by atoms with Gasteiger partial charge in [0.2, 0.25) is 5.91 Å². The Morgan fingerprint density at radius 2 is 2.06 bits per heavy atom. The van der Waals surface area contributed by atoms with Crippen molar-refractivity contribution in [3.05, 3.63) is 0 Å². The molecule has 2 unspecified atom stereocenters. The third kappa shape index (κ3) is 2.86. The molecular weight excluding hydrogens is 226 g/mol. The Morgan fingerprint density at radius 3 is 2.67 bits per heavy atom. The molecule has 0 aromatic heterocycles. The van der Waals surface area contributed by atoms with Crippen LogP contribution in [-0.4, -0.2) is 62.0 Å². The van der Waals surface area contributed by atoms with E-state index in [1.54, 1.807) is 4.90 Å². The van der Waals surface area contributed by atoms with E-state index >= 15 is 0 Å². The van der Waals surface area contributed by atoms with E-state index < -0.39 is 0 Å². The number of nitrogens with zero attached hydrogens (tertiary/aromatic N) is 2. The van der Waals surface area contributed by atoms with E-state index in [0.29, 0.717) is 5.41 Å². The summed E-state index contributed by atoms with van der Waals surface area (Å²) in [5, 5.41) is 3.53. The van der Waals surface area contributed by atoms with E-state index in [1.165, 1.54) is 25.7 Å². The molecule has 2 aliphatic heterocycles. The van der Waals surface area contributed by atoms with Crippen LogP contribution in [0.3, 0.4) is 0 Å². The topological polar surface area (TPSA) is 35.6 Å². The van der Waals surface area contributed by atoms with Gasteiger partial charge >= 0.3 is 0 Å². The van der Waals surface area contributed by atoms with Gasteiger partial charge in [-0.25, -0.2) is 0 Å². The van der Waals surface area contributed by atoms with Crippen LogP contribution < -0.4 is 5.32 Å². The first-order valence-corrected chi connectivity index (χ1v) is 7.20. The third-order valence-corrected chi connectivity index (χ3v) is 4.60. The van der Waals surface area contributed by atoms with Gasteiger partial charge in [0.25, 0.3) is 0 Å². The predicted molar refractivity (Wildman–Crippen MR) is 73.5 cm³/mol. The van der Waals surface area contributed by atoms with Crippen molar-refractivity contribution in [2.75, 3.05) is 40.3 Å². The molecule has 1 amide bonds. The predicted octanol–water partition coefficient (Wildman–Crippen LogP) is 0.929. The Kier molecular flexibility index (Phi) is 4.28. The molecule has 0 aromatic rings. The normalized spacial score (nSPS) is 31.3. The van der Waals surface area contributed by atoms with Crippen molar-refractivity contribution in [2.45, 2.75) is 38.6 Å². The fourth-order valence-corrected chi connectivity index (χ4v) is 3.49. The molecule has 4 nitrogen and oxygen atoms in total. The number of hydrogen-bond acceptors (Lipinski definition) is 3. The summed E-state index contributed by atoms with van der Waals surface area (Å²) in [6.45, 7) is 6.50. The highest BCUT2D eigenvalue weighted by Gasteiger charge is 2.39. The van der Waals surface area contributed by atoms with Crippen LogP contribution in [0.5, 0.6) is 0 Å². The van der Waals surface area contributed by atoms with E-state index in [0.717, 1.165) is 26.2 Å². The molecule has 2 rings (SSSR count). The molecule has 1 N–H and O–H groups in total. The molecule has 2 saturated heterocycles. The van der Waals surface area contributed by atoms with Gasteiger partial charge in [-0.05, 0) is 51.1 Å². The standard InChI is InChI=1S/C14H27N3O/c1-12(13(18)16(2)3)17-9-5-7-14(11-17)6-4-8-15-10-14/h12,15H,4-11H2,1-3H3. The van der Waals surface area contributed by atoms with Crippen molar-refractivity contribution in [3.63, 3.8) is 0 Å².